The highest BCUT2D eigenvalue weighted by atomic mass is 19.1. The second kappa shape index (κ2) is 6.00. The first-order valence-corrected chi connectivity index (χ1v) is 5.99. The summed E-state index contributed by atoms with van der Waals surface area (Å²) in [6, 6.07) is 13.9. The smallest absolute Gasteiger partial charge is 0.221 e. The van der Waals surface area contributed by atoms with E-state index < -0.39 is 0 Å². The van der Waals surface area contributed by atoms with Gasteiger partial charge in [-0.1, -0.05) is 24.3 Å². The third kappa shape index (κ3) is 4.10. The van der Waals surface area contributed by atoms with Crippen LogP contribution in [-0.2, 0) is 17.8 Å². The van der Waals surface area contributed by atoms with Crippen LogP contribution in [0.5, 0.6) is 0 Å². The second-order valence-corrected chi connectivity index (χ2v) is 4.32. The number of hydrogen-bond donors (Lipinski definition) is 2. The molecule has 0 aliphatic heterocycles. The molecule has 0 spiro atoms. The van der Waals surface area contributed by atoms with Crippen LogP contribution in [-0.4, -0.2) is 5.91 Å². The maximum absolute atomic E-state index is 12.7. The number of nitrogens with two attached hydrogens (primary N) is 1. The lowest BCUT2D eigenvalue weighted by Crippen LogP contribution is -2.13. The van der Waals surface area contributed by atoms with Crippen LogP contribution in [0.2, 0.25) is 0 Å². The molecular weight excluding hydrogens is 243 g/mol. The molecule has 2 rings (SSSR count). The van der Waals surface area contributed by atoms with Crippen molar-refractivity contribution in [3.05, 3.63) is 65.5 Å². The van der Waals surface area contributed by atoms with Gasteiger partial charge in [0, 0.05) is 12.2 Å². The van der Waals surface area contributed by atoms with Gasteiger partial charge in [-0.3, -0.25) is 4.79 Å². The number of hydrogen-bond acceptors (Lipinski definition) is 2. The normalized spacial score (nSPS) is 10.2. The first-order valence-electron chi connectivity index (χ1n) is 5.99. The summed E-state index contributed by atoms with van der Waals surface area (Å²) >= 11 is 0. The van der Waals surface area contributed by atoms with E-state index in [1.165, 1.54) is 12.1 Å². The molecule has 0 aromatic heterocycles. The zero-order valence-electron chi connectivity index (χ0n) is 10.4. The topological polar surface area (TPSA) is 55.1 Å². The summed E-state index contributed by atoms with van der Waals surface area (Å²) < 4.78 is 12.7. The van der Waals surface area contributed by atoms with E-state index in [0.717, 1.165) is 16.8 Å². The van der Waals surface area contributed by atoms with Crippen molar-refractivity contribution in [2.24, 2.45) is 5.73 Å². The Labute approximate surface area is 111 Å². The van der Waals surface area contributed by atoms with Crippen LogP contribution in [0.1, 0.15) is 11.1 Å². The van der Waals surface area contributed by atoms with Gasteiger partial charge in [0.1, 0.15) is 5.82 Å². The molecule has 3 nitrogen and oxygen atoms in total. The Hall–Kier alpha value is -2.36. The Morgan fingerprint density at radius 3 is 2.16 bits per heavy atom. The van der Waals surface area contributed by atoms with Crippen LogP contribution in [0.15, 0.2) is 48.5 Å². The molecule has 0 bridgehead atoms. The van der Waals surface area contributed by atoms with E-state index in [9.17, 15) is 9.18 Å². The van der Waals surface area contributed by atoms with E-state index in [0.29, 0.717) is 6.54 Å². The molecule has 1 amide bonds. The predicted octanol–water partition coefficient (Wildman–Crippen LogP) is 2.47. The molecule has 0 fully saturated rings. The van der Waals surface area contributed by atoms with Crippen molar-refractivity contribution in [1.29, 1.82) is 0 Å². The number of benzene rings is 2. The van der Waals surface area contributed by atoms with Crippen molar-refractivity contribution >= 4 is 11.6 Å². The Morgan fingerprint density at radius 1 is 1.00 bits per heavy atom. The van der Waals surface area contributed by atoms with Crippen molar-refractivity contribution in [2.45, 2.75) is 13.0 Å². The fraction of sp³-hybridized carbons (Fsp3) is 0.133. The van der Waals surface area contributed by atoms with Crippen molar-refractivity contribution in [3.63, 3.8) is 0 Å². The van der Waals surface area contributed by atoms with Gasteiger partial charge in [-0.2, -0.15) is 0 Å². The lowest BCUT2D eigenvalue weighted by molar-refractivity contribution is -0.117. The van der Waals surface area contributed by atoms with Gasteiger partial charge >= 0.3 is 0 Å². The first kappa shape index (κ1) is 13.1. The molecule has 0 heterocycles. The van der Waals surface area contributed by atoms with Gasteiger partial charge in [0.25, 0.3) is 0 Å². The van der Waals surface area contributed by atoms with E-state index in [1.807, 2.05) is 24.3 Å². The van der Waals surface area contributed by atoms with E-state index >= 15 is 0 Å². The van der Waals surface area contributed by atoms with Crippen LogP contribution in [0, 0.1) is 5.82 Å². The van der Waals surface area contributed by atoms with Gasteiger partial charge in [0.15, 0.2) is 0 Å². The van der Waals surface area contributed by atoms with Crippen LogP contribution < -0.4 is 11.1 Å². The van der Waals surface area contributed by atoms with Gasteiger partial charge in [-0.05, 0) is 35.4 Å². The quantitative estimate of drug-likeness (QED) is 0.865. The Morgan fingerprint density at radius 2 is 1.58 bits per heavy atom. The molecule has 3 N–H and O–H groups in total. The highest BCUT2D eigenvalue weighted by Crippen LogP contribution is 2.12. The molecule has 19 heavy (non-hydrogen) atoms. The minimum absolute atomic E-state index is 0.237. The Kier molecular flexibility index (Phi) is 4.13. The maximum Gasteiger partial charge on any atom is 0.221 e. The van der Waals surface area contributed by atoms with Gasteiger partial charge in [-0.25, -0.2) is 4.39 Å². The molecule has 2 aromatic carbocycles. The van der Waals surface area contributed by atoms with Gasteiger partial charge in [-0.15, -0.1) is 0 Å². The molecule has 0 radical (unpaired) electrons. The average Bonchev–Trinajstić information content (AvgIpc) is 2.39. The van der Waals surface area contributed by atoms with E-state index in [2.05, 4.69) is 5.32 Å². The molecule has 0 unspecified atom stereocenters. The Balaban J connectivity index is 1.92. The SMILES string of the molecule is NC(=O)Cc1ccc(NCc2ccc(F)cc2)cc1. The largest absolute Gasteiger partial charge is 0.381 e. The van der Waals surface area contributed by atoms with Crippen molar-refractivity contribution < 1.29 is 9.18 Å². The zero-order chi connectivity index (χ0) is 13.7. The summed E-state index contributed by atoms with van der Waals surface area (Å²) in [7, 11) is 0. The second-order valence-electron chi connectivity index (χ2n) is 4.32. The monoisotopic (exact) mass is 258 g/mol. The van der Waals surface area contributed by atoms with Crippen LogP contribution in [0.25, 0.3) is 0 Å². The highest BCUT2D eigenvalue weighted by Gasteiger charge is 1.99. The zero-order valence-corrected chi connectivity index (χ0v) is 10.4. The summed E-state index contributed by atoms with van der Waals surface area (Å²) in [5.41, 5.74) is 7.96. The van der Waals surface area contributed by atoms with Gasteiger partial charge in [0.2, 0.25) is 5.91 Å². The number of anilines is 1. The van der Waals surface area contributed by atoms with Crippen LogP contribution >= 0.6 is 0 Å². The molecule has 0 saturated heterocycles. The molecule has 4 heteroatoms. The van der Waals surface area contributed by atoms with Gasteiger partial charge in [0.05, 0.1) is 6.42 Å². The van der Waals surface area contributed by atoms with Crippen LogP contribution in [0.4, 0.5) is 10.1 Å². The van der Waals surface area contributed by atoms with Crippen LogP contribution in [0.3, 0.4) is 0 Å². The standard InChI is InChI=1S/C15H15FN2O/c16-13-5-1-12(2-6-13)10-18-14-7-3-11(4-8-14)9-15(17)19/h1-8,18H,9-10H2,(H2,17,19). The summed E-state index contributed by atoms with van der Waals surface area (Å²) in [5, 5.41) is 3.22. The highest BCUT2D eigenvalue weighted by molar-refractivity contribution is 5.76. The number of halogens is 1. The van der Waals surface area contributed by atoms with E-state index in [-0.39, 0.29) is 18.1 Å². The lowest BCUT2D eigenvalue weighted by Gasteiger charge is -2.07. The third-order valence-corrected chi connectivity index (χ3v) is 2.74. The summed E-state index contributed by atoms with van der Waals surface area (Å²) in [4.78, 5) is 10.8. The van der Waals surface area contributed by atoms with E-state index in [1.54, 1.807) is 12.1 Å². The summed E-state index contributed by atoms with van der Waals surface area (Å²) in [6.07, 6.45) is 0.248. The maximum atomic E-state index is 12.7. The molecule has 0 aliphatic rings. The minimum Gasteiger partial charge on any atom is -0.381 e. The van der Waals surface area contributed by atoms with Crippen molar-refractivity contribution in [2.75, 3.05) is 5.32 Å². The first-order chi connectivity index (χ1) is 9.13. The molecule has 0 saturated carbocycles. The van der Waals surface area contributed by atoms with Crippen molar-refractivity contribution in [3.8, 4) is 0 Å². The summed E-state index contributed by atoms with van der Waals surface area (Å²) in [6.45, 7) is 0.620. The fourth-order valence-electron chi connectivity index (χ4n) is 1.75. The summed E-state index contributed by atoms with van der Waals surface area (Å²) in [5.74, 6) is -0.577. The Bertz CT molecular complexity index is 549. The average molecular weight is 258 g/mol. The molecule has 0 aliphatic carbocycles. The molecule has 0 atom stereocenters. The predicted molar refractivity (Wildman–Crippen MR) is 73.1 cm³/mol. The number of rotatable bonds is 5. The van der Waals surface area contributed by atoms with E-state index in [4.69, 9.17) is 5.73 Å². The number of nitrogens with one attached hydrogen (secondary N) is 1. The number of primary amides is 1. The number of amides is 1. The van der Waals surface area contributed by atoms with Gasteiger partial charge < -0.3 is 11.1 Å². The molecular formula is C15H15FN2O. The minimum atomic E-state index is -0.341. The number of carbonyl (C=O) groups is 1. The molecule has 98 valence electrons. The van der Waals surface area contributed by atoms with Crippen molar-refractivity contribution in [1.82, 2.24) is 0 Å². The third-order valence-electron chi connectivity index (χ3n) is 2.74. The number of carbonyl (C=O) groups excluding carboxylic acids is 1. The molecule has 2 aromatic rings. The fourth-order valence-corrected chi connectivity index (χ4v) is 1.75. The lowest BCUT2D eigenvalue weighted by atomic mass is 10.1.